The highest BCUT2D eigenvalue weighted by Gasteiger charge is 2.26. The van der Waals surface area contributed by atoms with Crippen molar-refractivity contribution < 1.29 is 0 Å². The average molecular weight is 268 g/mol. The molecule has 18 heavy (non-hydrogen) atoms. The Hall–Kier alpha value is -0.530. The maximum Gasteiger partial charge on any atom is 0.0408 e. The average Bonchev–Trinajstić information content (AvgIpc) is 2.34. The Bertz CT molecular complexity index is 356. The van der Waals surface area contributed by atoms with Crippen molar-refractivity contribution in [2.24, 2.45) is 5.41 Å². The molecule has 0 aliphatic rings. The van der Waals surface area contributed by atoms with Crippen LogP contribution in [0.3, 0.4) is 0 Å². The van der Waals surface area contributed by atoms with E-state index in [-0.39, 0.29) is 0 Å². The monoisotopic (exact) mass is 267 g/mol. The summed E-state index contributed by atoms with van der Waals surface area (Å²) < 4.78 is 0. The van der Waals surface area contributed by atoms with E-state index in [0.29, 0.717) is 11.5 Å². The van der Waals surface area contributed by atoms with Crippen LogP contribution >= 0.6 is 11.6 Å². The van der Waals surface area contributed by atoms with Gasteiger partial charge in [0.25, 0.3) is 0 Å². The summed E-state index contributed by atoms with van der Waals surface area (Å²) in [5.41, 5.74) is 1.69. The minimum Gasteiger partial charge on any atom is -0.314 e. The minimum atomic E-state index is 0.342. The summed E-state index contributed by atoms with van der Waals surface area (Å²) in [6.45, 7) is 10.1. The lowest BCUT2D eigenvalue weighted by Gasteiger charge is -2.33. The quantitative estimate of drug-likeness (QED) is 0.756. The number of rotatable bonds is 7. The Labute approximate surface area is 117 Å². The van der Waals surface area contributed by atoms with E-state index in [1.165, 1.54) is 18.4 Å². The van der Waals surface area contributed by atoms with Crippen LogP contribution in [0.1, 0.15) is 46.1 Å². The van der Waals surface area contributed by atoms with Crippen LogP contribution in [0.15, 0.2) is 24.3 Å². The Morgan fingerprint density at radius 3 is 2.39 bits per heavy atom. The Morgan fingerprint density at radius 2 is 1.89 bits per heavy atom. The van der Waals surface area contributed by atoms with E-state index in [1.54, 1.807) is 0 Å². The lowest BCUT2D eigenvalue weighted by molar-refractivity contribution is 0.239. The molecular weight excluding hydrogens is 242 g/mol. The number of hydrogen-bond acceptors (Lipinski definition) is 1. The van der Waals surface area contributed by atoms with Gasteiger partial charge in [0.15, 0.2) is 0 Å². The summed E-state index contributed by atoms with van der Waals surface area (Å²) in [4.78, 5) is 0. The molecule has 2 heteroatoms. The first-order chi connectivity index (χ1) is 8.51. The molecule has 0 aliphatic carbocycles. The van der Waals surface area contributed by atoms with E-state index in [4.69, 9.17) is 11.6 Å². The first kappa shape index (κ1) is 15.5. The molecule has 0 saturated heterocycles. The zero-order chi connectivity index (χ0) is 13.6. The predicted octanol–water partition coefficient (Wildman–Crippen LogP) is 4.69. The maximum absolute atomic E-state index is 6.07. The fraction of sp³-hybridized carbons (Fsp3) is 0.625. The second-order valence-corrected chi connectivity index (χ2v) is 5.99. The molecule has 0 saturated carbocycles. The van der Waals surface area contributed by atoms with Crippen LogP contribution in [0.2, 0.25) is 5.02 Å². The SMILES string of the molecule is CCC(CC)(CNC(C)C)Cc1cccc(Cl)c1. The third kappa shape index (κ3) is 4.62. The van der Waals surface area contributed by atoms with Crippen molar-refractivity contribution in [2.75, 3.05) is 6.54 Å². The zero-order valence-corrected chi connectivity index (χ0v) is 12.8. The molecule has 0 aromatic heterocycles. The highest BCUT2D eigenvalue weighted by molar-refractivity contribution is 6.30. The van der Waals surface area contributed by atoms with Gasteiger partial charge in [-0.25, -0.2) is 0 Å². The smallest absolute Gasteiger partial charge is 0.0408 e. The number of hydrogen-bond donors (Lipinski definition) is 1. The van der Waals surface area contributed by atoms with Crippen molar-refractivity contribution >= 4 is 11.6 Å². The third-order valence-corrected chi connectivity index (χ3v) is 4.09. The molecule has 0 spiro atoms. The molecule has 0 unspecified atom stereocenters. The van der Waals surface area contributed by atoms with Gasteiger partial charge in [0.1, 0.15) is 0 Å². The highest BCUT2D eigenvalue weighted by Crippen LogP contribution is 2.31. The first-order valence-electron chi connectivity index (χ1n) is 6.99. The van der Waals surface area contributed by atoms with E-state index < -0.39 is 0 Å². The van der Waals surface area contributed by atoms with E-state index in [1.807, 2.05) is 12.1 Å². The summed E-state index contributed by atoms with van der Waals surface area (Å²) >= 11 is 6.07. The summed E-state index contributed by atoms with van der Waals surface area (Å²) in [5.74, 6) is 0. The van der Waals surface area contributed by atoms with Gasteiger partial charge in [0.05, 0.1) is 0 Å². The molecule has 0 radical (unpaired) electrons. The molecule has 0 fully saturated rings. The standard InChI is InChI=1S/C16H26ClN/c1-5-16(6-2,12-18-13(3)4)11-14-8-7-9-15(17)10-14/h7-10,13,18H,5-6,11-12H2,1-4H3. The van der Waals surface area contributed by atoms with Gasteiger partial charge in [-0.3, -0.25) is 0 Å². The summed E-state index contributed by atoms with van der Waals surface area (Å²) in [6.07, 6.45) is 3.48. The van der Waals surface area contributed by atoms with Crippen molar-refractivity contribution in [3.63, 3.8) is 0 Å². The first-order valence-corrected chi connectivity index (χ1v) is 7.37. The van der Waals surface area contributed by atoms with Gasteiger partial charge in [-0.05, 0) is 42.4 Å². The molecular formula is C16H26ClN. The summed E-state index contributed by atoms with van der Waals surface area (Å²) in [7, 11) is 0. The minimum absolute atomic E-state index is 0.342. The van der Waals surface area contributed by atoms with Gasteiger partial charge in [0.2, 0.25) is 0 Å². The second kappa shape index (κ2) is 7.16. The fourth-order valence-electron chi connectivity index (χ4n) is 2.31. The van der Waals surface area contributed by atoms with Crippen molar-refractivity contribution in [3.05, 3.63) is 34.9 Å². The van der Waals surface area contributed by atoms with Crippen molar-refractivity contribution in [1.29, 1.82) is 0 Å². The molecule has 0 aliphatic heterocycles. The Morgan fingerprint density at radius 1 is 1.22 bits per heavy atom. The van der Waals surface area contributed by atoms with Crippen LogP contribution < -0.4 is 5.32 Å². The topological polar surface area (TPSA) is 12.0 Å². The number of benzene rings is 1. The van der Waals surface area contributed by atoms with E-state index >= 15 is 0 Å². The second-order valence-electron chi connectivity index (χ2n) is 5.55. The lowest BCUT2D eigenvalue weighted by atomic mass is 9.76. The molecule has 0 bridgehead atoms. The van der Waals surface area contributed by atoms with Crippen molar-refractivity contribution in [3.8, 4) is 0 Å². The van der Waals surface area contributed by atoms with Gasteiger partial charge in [-0.2, -0.15) is 0 Å². The number of halogens is 1. The highest BCUT2D eigenvalue weighted by atomic mass is 35.5. The van der Waals surface area contributed by atoms with Crippen LogP contribution in [0.4, 0.5) is 0 Å². The molecule has 0 heterocycles. The van der Waals surface area contributed by atoms with E-state index in [0.717, 1.165) is 18.0 Å². The molecule has 1 nitrogen and oxygen atoms in total. The molecule has 1 aromatic rings. The van der Waals surface area contributed by atoms with Crippen molar-refractivity contribution in [2.45, 2.75) is 53.0 Å². The maximum atomic E-state index is 6.07. The Kier molecular flexibility index (Phi) is 6.17. The molecule has 0 amide bonds. The lowest BCUT2D eigenvalue weighted by Crippen LogP contribution is -2.38. The van der Waals surface area contributed by atoms with Crippen LogP contribution in [0.25, 0.3) is 0 Å². The molecule has 102 valence electrons. The number of nitrogens with one attached hydrogen (secondary N) is 1. The van der Waals surface area contributed by atoms with Crippen LogP contribution in [-0.4, -0.2) is 12.6 Å². The normalized spacial score (nSPS) is 12.1. The van der Waals surface area contributed by atoms with Crippen molar-refractivity contribution in [1.82, 2.24) is 5.32 Å². The molecule has 1 N–H and O–H groups in total. The van der Waals surface area contributed by atoms with Gasteiger partial charge in [-0.1, -0.05) is 51.4 Å². The van der Waals surface area contributed by atoms with E-state index in [2.05, 4.69) is 45.1 Å². The van der Waals surface area contributed by atoms with Crippen LogP contribution in [0.5, 0.6) is 0 Å². The Balaban J connectivity index is 2.78. The molecule has 1 rings (SSSR count). The molecule has 1 aromatic carbocycles. The largest absolute Gasteiger partial charge is 0.314 e. The van der Waals surface area contributed by atoms with Crippen LogP contribution in [-0.2, 0) is 6.42 Å². The predicted molar refractivity (Wildman–Crippen MR) is 81.3 cm³/mol. The molecule has 0 atom stereocenters. The van der Waals surface area contributed by atoms with E-state index in [9.17, 15) is 0 Å². The fourth-order valence-corrected chi connectivity index (χ4v) is 2.53. The van der Waals surface area contributed by atoms with Gasteiger partial charge in [-0.15, -0.1) is 0 Å². The third-order valence-electron chi connectivity index (χ3n) is 3.85. The van der Waals surface area contributed by atoms with Crippen LogP contribution in [0, 0.1) is 5.41 Å². The summed E-state index contributed by atoms with van der Waals surface area (Å²) in [6, 6.07) is 8.81. The van der Waals surface area contributed by atoms with Gasteiger partial charge in [0, 0.05) is 17.6 Å². The summed E-state index contributed by atoms with van der Waals surface area (Å²) in [5, 5.41) is 4.43. The van der Waals surface area contributed by atoms with Gasteiger partial charge >= 0.3 is 0 Å². The van der Waals surface area contributed by atoms with Gasteiger partial charge < -0.3 is 5.32 Å². The zero-order valence-electron chi connectivity index (χ0n) is 12.1.